The van der Waals surface area contributed by atoms with E-state index in [1.807, 2.05) is 13.0 Å². The lowest BCUT2D eigenvalue weighted by Crippen LogP contribution is -2.13. The molecule has 0 saturated carbocycles. The fourth-order valence-corrected chi connectivity index (χ4v) is 3.10. The summed E-state index contributed by atoms with van der Waals surface area (Å²) in [6.07, 6.45) is -3.85. The molecule has 0 N–H and O–H groups in total. The van der Waals surface area contributed by atoms with Crippen molar-refractivity contribution in [2.45, 2.75) is 19.5 Å². The summed E-state index contributed by atoms with van der Waals surface area (Å²) in [5.74, 6) is 0. The number of nitrogens with zero attached hydrogens (tertiary/aromatic N) is 3. The fourth-order valence-electron chi connectivity index (χ4n) is 2.10. The SMILES string of the molecule is CCc1ccc(-c2cc(C(F)(F)F)n3nc(C(=O)Cl)cc3n2)s1. The number of thiophene rings is 1. The van der Waals surface area contributed by atoms with Gasteiger partial charge in [0.05, 0.1) is 10.6 Å². The highest BCUT2D eigenvalue weighted by Crippen LogP contribution is 2.34. The Kier molecular flexibility index (Phi) is 3.89. The first-order valence-corrected chi connectivity index (χ1v) is 7.76. The molecule has 0 amide bonds. The average molecular weight is 360 g/mol. The summed E-state index contributed by atoms with van der Waals surface area (Å²) in [6, 6.07) is 5.64. The van der Waals surface area contributed by atoms with Crippen LogP contribution >= 0.6 is 22.9 Å². The zero-order chi connectivity index (χ0) is 16.8. The number of halogens is 4. The second kappa shape index (κ2) is 5.61. The minimum Gasteiger partial charge on any atom is -0.274 e. The van der Waals surface area contributed by atoms with Crippen molar-refractivity contribution in [3.63, 3.8) is 0 Å². The molecule has 120 valence electrons. The van der Waals surface area contributed by atoms with E-state index in [-0.39, 0.29) is 17.0 Å². The molecule has 0 bridgehead atoms. The van der Waals surface area contributed by atoms with E-state index in [4.69, 9.17) is 11.6 Å². The highest BCUT2D eigenvalue weighted by molar-refractivity contribution is 7.15. The number of fused-ring (bicyclic) bond motifs is 1. The molecule has 3 heterocycles. The number of hydrogen-bond donors (Lipinski definition) is 0. The minimum absolute atomic E-state index is 0.0785. The maximum atomic E-state index is 13.3. The molecular weight excluding hydrogens is 351 g/mol. The number of aryl methyl sites for hydroxylation is 1. The molecule has 0 aromatic carbocycles. The van der Waals surface area contributed by atoms with Gasteiger partial charge in [-0.15, -0.1) is 11.3 Å². The first-order chi connectivity index (χ1) is 10.8. The van der Waals surface area contributed by atoms with E-state index < -0.39 is 17.1 Å². The van der Waals surface area contributed by atoms with Crippen LogP contribution in [0.5, 0.6) is 0 Å². The molecule has 3 aromatic rings. The number of carbonyl (C=O) groups excluding carboxylic acids is 1. The van der Waals surface area contributed by atoms with Crippen LogP contribution in [0.1, 0.15) is 28.0 Å². The molecule has 0 radical (unpaired) electrons. The van der Waals surface area contributed by atoms with E-state index in [2.05, 4.69) is 10.1 Å². The van der Waals surface area contributed by atoms with Crippen molar-refractivity contribution in [3.8, 4) is 10.6 Å². The van der Waals surface area contributed by atoms with Crippen LogP contribution in [0.15, 0.2) is 24.3 Å². The highest BCUT2D eigenvalue weighted by atomic mass is 35.5. The van der Waals surface area contributed by atoms with Gasteiger partial charge in [0.15, 0.2) is 11.3 Å². The Balaban J connectivity index is 2.26. The van der Waals surface area contributed by atoms with Crippen LogP contribution in [0, 0.1) is 0 Å². The fraction of sp³-hybridized carbons (Fsp3) is 0.214. The molecule has 0 aliphatic heterocycles. The van der Waals surface area contributed by atoms with Crippen LogP contribution in [0.4, 0.5) is 13.2 Å². The molecule has 9 heteroatoms. The lowest BCUT2D eigenvalue weighted by molar-refractivity contribution is -0.142. The van der Waals surface area contributed by atoms with Gasteiger partial charge in [-0.25, -0.2) is 9.50 Å². The van der Waals surface area contributed by atoms with Gasteiger partial charge in [0.1, 0.15) is 5.69 Å². The minimum atomic E-state index is -4.64. The second-order valence-corrected chi connectivity index (χ2v) is 6.23. The third-order valence-corrected chi connectivity index (χ3v) is 4.63. The standard InChI is InChI=1S/C14H9ClF3N3OS/c1-2-7-3-4-10(23-7)8-5-11(14(16,17)18)21-12(19-8)6-9(20-21)13(15)22/h3-6H,2H2,1H3. The molecule has 0 aliphatic rings. The molecule has 3 rings (SSSR count). The van der Waals surface area contributed by atoms with Crippen molar-refractivity contribution < 1.29 is 18.0 Å². The van der Waals surface area contributed by atoms with Gasteiger partial charge in [0.2, 0.25) is 0 Å². The number of aromatic nitrogens is 3. The third-order valence-electron chi connectivity index (χ3n) is 3.18. The van der Waals surface area contributed by atoms with Gasteiger partial charge in [0.25, 0.3) is 5.24 Å². The Hall–Kier alpha value is -1.93. The summed E-state index contributed by atoms with van der Waals surface area (Å²) in [4.78, 5) is 17.0. The van der Waals surface area contributed by atoms with Crippen molar-refractivity contribution in [1.82, 2.24) is 14.6 Å². The van der Waals surface area contributed by atoms with E-state index in [1.54, 1.807) is 6.07 Å². The van der Waals surface area contributed by atoms with Crippen LogP contribution in [0.3, 0.4) is 0 Å². The molecule has 0 aliphatic carbocycles. The molecule has 0 atom stereocenters. The molecule has 23 heavy (non-hydrogen) atoms. The number of carbonyl (C=O) groups is 1. The van der Waals surface area contributed by atoms with Gasteiger partial charge < -0.3 is 0 Å². The predicted molar refractivity (Wildman–Crippen MR) is 80.9 cm³/mol. The molecule has 0 unspecified atom stereocenters. The van der Waals surface area contributed by atoms with E-state index >= 15 is 0 Å². The van der Waals surface area contributed by atoms with Crippen molar-refractivity contribution in [3.05, 3.63) is 40.5 Å². The quantitative estimate of drug-likeness (QED) is 0.650. The monoisotopic (exact) mass is 359 g/mol. The van der Waals surface area contributed by atoms with Crippen LogP contribution in [-0.4, -0.2) is 19.8 Å². The predicted octanol–water partition coefficient (Wildman–Crippen LogP) is 4.42. The van der Waals surface area contributed by atoms with Crippen molar-refractivity contribution in [2.24, 2.45) is 0 Å². The zero-order valence-corrected chi connectivity index (χ0v) is 13.3. The molecular formula is C14H9ClF3N3OS. The Morgan fingerprint density at radius 3 is 2.65 bits per heavy atom. The highest BCUT2D eigenvalue weighted by Gasteiger charge is 2.35. The van der Waals surface area contributed by atoms with Crippen LogP contribution < -0.4 is 0 Å². The first kappa shape index (κ1) is 15.9. The molecule has 4 nitrogen and oxygen atoms in total. The topological polar surface area (TPSA) is 47.3 Å². The molecule has 3 aromatic heterocycles. The van der Waals surface area contributed by atoms with Gasteiger partial charge in [-0.3, -0.25) is 4.79 Å². The summed E-state index contributed by atoms with van der Waals surface area (Å²) >= 11 is 6.67. The van der Waals surface area contributed by atoms with E-state index in [0.29, 0.717) is 9.39 Å². The molecule has 0 fully saturated rings. The molecule has 0 spiro atoms. The van der Waals surface area contributed by atoms with Crippen molar-refractivity contribution >= 4 is 33.8 Å². The maximum absolute atomic E-state index is 13.3. The van der Waals surface area contributed by atoms with Crippen molar-refractivity contribution in [1.29, 1.82) is 0 Å². The largest absolute Gasteiger partial charge is 0.433 e. The summed E-state index contributed by atoms with van der Waals surface area (Å²) in [5, 5.41) is 2.66. The van der Waals surface area contributed by atoms with Gasteiger partial charge in [-0.05, 0) is 36.2 Å². The summed E-state index contributed by atoms with van der Waals surface area (Å²) in [7, 11) is 0. The van der Waals surface area contributed by atoms with E-state index in [0.717, 1.165) is 23.4 Å². The zero-order valence-electron chi connectivity index (χ0n) is 11.7. The van der Waals surface area contributed by atoms with Crippen molar-refractivity contribution in [2.75, 3.05) is 0 Å². The van der Waals surface area contributed by atoms with Gasteiger partial charge in [-0.2, -0.15) is 18.3 Å². The number of rotatable bonds is 3. The van der Waals surface area contributed by atoms with Crippen LogP contribution in [0.25, 0.3) is 16.2 Å². The third kappa shape index (κ3) is 2.96. The lowest BCUT2D eigenvalue weighted by atomic mass is 10.2. The first-order valence-electron chi connectivity index (χ1n) is 6.56. The molecule has 0 saturated heterocycles. The van der Waals surface area contributed by atoms with E-state index in [9.17, 15) is 18.0 Å². The Morgan fingerprint density at radius 1 is 1.35 bits per heavy atom. The summed E-state index contributed by atoms with van der Waals surface area (Å²) in [6.45, 7) is 1.96. The second-order valence-electron chi connectivity index (χ2n) is 4.72. The number of hydrogen-bond acceptors (Lipinski definition) is 4. The van der Waals surface area contributed by atoms with E-state index in [1.165, 1.54) is 11.3 Å². The van der Waals surface area contributed by atoms with Gasteiger partial charge in [0, 0.05) is 10.9 Å². The Bertz CT molecular complexity index is 900. The van der Waals surface area contributed by atoms with Gasteiger partial charge in [-0.1, -0.05) is 6.92 Å². The maximum Gasteiger partial charge on any atom is 0.433 e. The summed E-state index contributed by atoms with van der Waals surface area (Å²) < 4.78 is 40.5. The van der Waals surface area contributed by atoms with Crippen LogP contribution in [0.2, 0.25) is 0 Å². The smallest absolute Gasteiger partial charge is 0.274 e. The number of alkyl halides is 3. The Labute approximate surface area is 137 Å². The van der Waals surface area contributed by atoms with Gasteiger partial charge >= 0.3 is 6.18 Å². The lowest BCUT2D eigenvalue weighted by Gasteiger charge is -2.10. The summed E-state index contributed by atoms with van der Waals surface area (Å²) in [5.41, 5.74) is -1.18. The van der Waals surface area contributed by atoms with Crippen LogP contribution in [-0.2, 0) is 12.6 Å². The normalized spacial score (nSPS) is 12.0. The average Bonchev–Trinajstić information content (AvgIpc) is 3.11. The Morgan fingerprint density at radius 2 is 2.09 bits per heavy atom.